The number of hydrogen-bond donors (Lipinski definition) is 3. The van der Waals surface area contributed by atoms with Gasteiger partial charge in [-0.1, -0.05) is 0 Å². The van der Waals surface area contributed by atoms with Crippen molar-refractivity contribution in [2.24, 2.45) is 5.92 Å². The number of nitrogens with one attached hydrogen (secondary N) is 1. The van der Waals surface area contributed by atoms with Crippen molar-refractivity contribution in [1.29, 1.82) is 5.26 Å². The van der Waals surface area contributed by atoms with Gasteiger partial charge < -0.3 is 30.4 Å². The van der Waals surface area contributed by atoms with Crippen LogP contribution in [0.5, 0.6) is 0 Å². The van der Waals surface area contributed by atoms with E-state index in [1.54, 1.807) is 19.9 Å². The zero-order valence-electron chi connectivity index (χ0n) is 18.2. The van der Waals surface area contributed by atoms with E-state index >= 15 is 0 Å². The van der Waals surface area contributed by atoms with E-state index in [-0.39, 0.29) is 24.2 Å². The van der Waals surface area contributed by atoms with Gasteiger partial charge in [-0.05, 0) is 26.0 Å². The number of rotatable bonds is 7. The number of esters is 1. The lowest BCUT2D eigenvalue weighted by molar-refractivity contribution is -0.157. The standard InChI is InChI=1S/C20H24N6O7/c1-10(2)25-19(30)31-7-14-12(6-16(28)29)17(32-11(3)27)20(8-21,33-14)15-5-4-13-18(22)23-9-24-26(13)15/h4-5,9-10,12,14,17H,6-7H2,1-3H3,(H,25,30)(H,28,29)(H2,22,23,24)/t12-,14+,17-,20+/m1/s1. The number of alkyl carbamates (subject to hydrolysis) is 1. The molecule has 2 aromatic heterocycles. The van der Waals surface area contributed by atoms with Gasteiger partial charge in [-0.25, -0.2) is 14.3 Å². The lowest BCUT2D eigenvalue weighted by Crippen LogP contribution is -2.42. The van der Waals surface area contributed by atoms with Crippen LogP contribution in [0.4, 0.5) is 10.6 Å². The van der Waals surface area contributed by atoms with Gasteiger partial charge in [-0.2, -0.15) is 10.4 Å². The zero-order valence-corrected chi connectivity index (χ0v) is 18.2. The number of aliphatic carboxylic acids is 1. The average Bonchev–Trinajstić information content (AvgIpc) is 3.27. The molecule has 3 heterocycles. The van der Waals surface area contributed by atoms with Crippen molar-refractivity contribution in [1.82, 2.24) is 19.9 Å². The Morgan fingerprint density at radius 3 is 2.76 bits per heavy atom. The normalized spacial score (nSPS) is 24.4. The van der Waals surface area contributed by atoms with Crippen molar-refractivity contribution in [2.45, 2.75) is 51.0 Å². The van der Waals surface area contributed by atoms with Crippen molar-refractivity contribution < 1.29 is 33.7 Å². The molecule has 1 aliphatic heterocycles. The summed E-state index contributed by atoms with van der Waals surface area (Å²) in [6.45, 7) is 4.24. The molecule has 13 nitrogen and oxygen atoms in total. The van der Waals surface area contributed by atoms with Crippen LogP contribution in [0, 0.1) is 17.2 Å². The molecule has 0 unspecified atom stereocenters. The number of nitriles is 1. The molecule has 0 radical (unpaired) electrons. The zero-order chi connectivity index (χ0) is 24.3. The highest BCUT2D eigenvalue weighted by Crippen LogP contribution is 2.46. The number of amides is 1. The minimum absolute atomic E-state index is 0.138. The van der Waals surface area contributed by atoms with Gasteiger partial charge in [0.15, 0.2) is 11.9 Å². The summed E-state index contributed by atoms with van der Waals surface area (Å²) >= 11 is 0. The van der Waals surface area contributed by atoms with Gasteiger partial charge in [0.1, 0.15) is 30.6 Å². The quantitative estimate of drug-likeness (QED) is 0.490. The molecule has 2 aromatic rings. The fourth-order valence-corrected chi connectivity index (χ4v) is 3.86. The van der Waals surface area contributed by atoms with E-state index in [2.05, 4.69) is 15.4 Å². The monoisotopic (exact) mass is 460 g/mol. The number of carboxylic acids is 1. The third-order valence-electron chi connectivity index (χ3n) is 5.12. The molecular formula is C20H24N6O7. The average molecular weight is 460 g/mol. The molecule has 1 fully saturated rings. The van der Waals surface area contributed by atoms with Gasteiger partial charge in [0.2, 0.25) is 5.60 Å². The number of ether oxygens (including phenoxy) is 3. The number of aromatic nitrogens is 3. The first-order valence-electron chi connectivity index (χ1n) is 10.1. The van der Waals surface area contributed by atoms with Crippen molar-refractivity contribution >= 4 is 29.4 Å². The van der Waals surface area contributed by atoms with Gasteiger partial charge in [0, 0.05) is 18.9 Å². The Hall–Kier alpha value is -3.92. The van der Waals surface area contributed by atoms with Crippen LogP contribution in [0.1, 0.15) is 32.9 Å². The van der Waals surface area contributed by atoms with Gasteiger partial charge in [-0.3, -0.25) is 9.59 Å². The maximum absolute atomic E-state index is 12.0. The van der Waals surface area contributed by atoms with Crippen molar-refractivity contribution in [2.75, 3.05) is 12.3 Å². The number of anilines is 1. The summed E-state index contributed by atoms with van der Waals surface area (Å²) in [7, 11) is 0. The molecule has 33 heavy (non-hydrogen) atoms. The van der Waals surface area contributed by atoms with Crippen LogP contribution < -0.4 is 11.1 Å². The Morgan fingerprint density at radius 2 is 2.15 bits per heavy atom. The van der Waals surface area contributed by atoms with Gasteiger partial charge in [0.05, 0.1) is 12.1 Å². The number of nitrogen functional groups attached to an aromatic ring is 1. The molecule has 4 atom stereocenters. The number of fused-ring (bicyclic) bond motifs is 1. The molecule has 3 rings (SSSR count). The summed E-state index contributed by atoms with van der Waals surface area (Å²) in [6, 6.07) is 4.90. The second-order valence-electron chi connectivity index (χ2n) is 7.85. The van der Waals surface area contributed by atoms with Gasteiger partial charge in [-0.15, -0.1) is 0 Å². The van der Waals surface area contributed by atoms with E-state index in [0.29, 0.717) is 5.52 Å². The van der Waals surface area contributed by atoms with E-state index in [1.165, 1.54) is 16.9 Å². The number of carboxylic acid groups (broad SMARTS) is 1. The van der Waals surface area contributed by atoms with E-state index in [4.69, 9.17) is 19.9 Å². The van der Waals surface area contributed by atoms with Crippen LogP contribution in [-0.4, -0.2) is 62.6 Å². The van der Waals surface area contributed by atoms with Crippen LogP contribution in [-0.2, 0) is 29.4 Å². The van der Waals surface area contributed by atoms with E-state index < -0.39 is 48.2 Å². The van der Waals surface area contributed by atoms with Crippen molar-refractivity contribution in [3.05, 3.63) is 24.2 Å². The van der Waals surface area contributed by atoms with Crippen LogP contribution in [0.2, 0.25) is 0 Å². The van der Waals surface area contributed by atoms with Crippen molar-refractivity contribution in [3.8, 4) is 6.07 Å². The van der Waals surface area contributed by atoms with Crippen LogP contribution in [0.3, 0.4) is 0 Å². The van der Waals surface area contributed by atoms with Crippen molar-refractivity contribution in [3.63, 3.8) is 0 Å². The molecule has 13 heteroatoms. The first kappa shape index (κ1) is 23.7. The minimum Gasteiger partial charge on any atom is -0.481 e. The predicted octanol–water partition coefficient (Wildman–Crippen LogP) is 0.586. The molecule has 1 aliphatic rings. The molecule has 0 spiro atoms. The topological polar surface area (TPSA) is 191 Å². The third-order valence-corrected chi connectivity index (χ3v) is 5.12. The largest absolute Gasteiger partial charge is 0.481 e. The Bertz CT molecular complexity index is 1110. The maximum atomic E-state index is 12.0. The first-order valence-corrected chi connectivity index (χ1v) is 10.1. The second kappa shape index (κ2) is 9.29. The summed E-state index contributed by atoms with van der Waals surface area (Å²) in [5.74, 6) is -2.83. The smallest absolute Gasteiger partial charge is 0.407 e. The molecule has 1 saturated heterocycles. The fourth-order valence-electron chi connectivity index (χ4n) is 3.86. The first-order chi connectivity index (χ1) is 15.6. The highest BCUT2D eigenvalue weighted by atomic mass is 16.6. The molecule has 0 aromatic carbocycles. The van der Waals surface area contributed by atoms with E-state index in [0.717, 1.165) is 6.92 Å². The Labute approximate surface area is 188 Å². The van der Waals surface area contributed by atoms with Crippen LogP contribution in [0.15, 0.2) is 18.5 Å². The minimum atomic E-state index is -1.96. The number of carbonyl (C=O) groups is 3. The number of nitrogens with two attached hydrogens (primary N) is 1. The molecule has 176 valence electrons. The summed E-state index contributed by atoms with van der Waals surface area (Å²) < 4.78 is 18.0. The molecule has 1 amide bonds. The lowest BCUT2D eigenvalue weighted by Gasteiger charge is -2.28. The summed E-state index contributed by atoms with van der Waals surface area (Å²) in [5, 5.41) is 26.4. The summed E-state index contributed by atoms with van der Waals surface area (Å²) in [5.41, 5.74) is 4.46. The van der Waals surface area contributed by atoms with Gasteiger partial charge in [0.25, 0.3) is 0 Å². The Morgan fingerprint density at radius 1 is 1.42 bits per heavy atom. The SMILES string of the molecule is CC(=O)O[C@@H]1[C@H](CC(=O)O)[C@H](COC(=O)NC(C)C)O[C@@]1(C#N)c1ccc2c(N)ncnn12. The molecule has 0 aliphatic carbocycles. The molecular weight excluding hydrogens is 436 g/mol. The molecule has 0 bridgehead atoms. The van der Waals surface area contributed by atoms with E-state index in [1.807, 2.05) is 6.07 Å². The van der Waals surface area contributed by atoms with Gasteiger partial charge >= 0.3 is 18.0 Å². The highest BCUT2D eigenvalue weighted by molar-refractivity contribution is 5.70. The number of hydrogen-bond acceptors (Lipinski definition) is 10. The number of nitrogens with zero attached hydrogens (tertiary/aromatic N) is 4. The Balaban J connectivity index is 2.07. The predicted molar refractivity (Wildman–Crippen MR) is 110 cm³/mol. The van der Waals surface area contributed by atoms with Crippen LogP contribution >= 0.6 is 0 Å². The summed E-state index contributed by atoms with van der Waals surface area (Å²) in [4.78, 5) is 39.4. The Kier molecular flexibility index (Phi) is 6.68. The summed E-state index contributed by atoms with van der Waals surface area (Å²) in [6.07, 6.45) is -2.49. The second-order valence-corrected chi connectivity index (χ2v) is 7.85. The maximum Gasteiger partial charge on any atom is 0.407 e. The number of carbonyl (C=O) groups excluding carboxylic acids is 2. The van der Waals surface area contributed by atoms with Crippen LogP contribution in [0.25, 0.3) is 5.52 Å². The molecule has 0 saturated carbocycles. The highest BCUT2D eigenvalue weighted by Gasteiger charge is 2.61. The lowest BCUT2D eigenvalue weighted by atomic mass is 9.84. The fraction of sp³-hybridized carbons (Fsp3) is 0.500. The van der Waals surface area contributed by atoms with E-state index in [9.17, 15) is 24.8 Å². The molecule has 4 N–H and O–H groups in total. The third kappa shape index (κ3) is 4.65.